The first-order valence-corrected chi connectivity index (χ1v) is 11.5. The second kappa shape index (κ2) is 10.8. The van der Waals surface area contributed by atoms with E-state index in [1.807, 2.05) is 72.5 Å². The van der Waals surface area contributed by atoms with E-state index >= 15 is 0 Å². The summed E-state index contributed by atoms with van der Waals surface area (Å²) in [5.41, 5.74) is 3.07. The van der Waals surface area contributed by atoms with E-state index in [1.54, 1.807) is 12.1 Å². The third-order valence-corrected chi connectivity index (χ3v) is 6.05. The molecule has 33 heavy (non-hydrogen) atoms. The van der Waals surface area contributed by atoms with E-state index < -0.39 is 0 Å². The zero-order valence-corrected chi connectivity index (χ0v) is 19.1. The molecule has 1 N–H and O–H groups in total. The van der Waals surface area contributed by atoms with Crippen LogP contribution in [0.2, 0.25) is 0 Å². The SMILES string of the molecule is CC(NC(=O)CN(Cc1ccccc1)c1nc(Cc2ccc(F)cc2)ns1)c1ccccc1. The number of carbonyl (C=O) groups is 1. The molecule has 4 rings (SSSR count). The number of carbonyl (C=O) groups excluding carboxylic acids is 1. The van der Waals surface area contributed by atoms with E-state index in [-0.39, 0.29) is 24.3 Å². The molecule has 0 saturated carbocycles. The summed E-state index contributed by atoms with van der Waals surface area (Å²) >= 11 is 1.27. The molecule has 1 unspecified atom stereocenters. The number of anilines is 1. The number of hydrogen-bond acceptors (Lipinski definition) is 5. The third-order valence-electron chi connectivity index (χ3n) is 5.23. The molecule has 7 heteroatoms. The van der Waals surface area contributed by atoms with Crippen LogP contribution in [-0.2, 0) is 17.8 Å². The van der Waals surface area contributed by atoms with Crippen LogP contribution in [0.5, 0.6) is 0 Å². The molecule has 0 bridgehead atoms. The summed E-state index contributed by atoms with van der Waals surface area (Å²) in [6.07, 6.45) is 0.507. The second-order valence-corrected chi connectivity index (χ2v) is 8.57. The van der Waals surface area contributed by atoms with Gasteiger partial charge >= 0.3 is 0 Å². The highest BCUT2D eigenvalue weighted by atomic mass is 32.1. The molecule has 0 aliphatic heterocycles. The first-order valence-electron chi connectivity index (χ1n) is 10.8. The van der Waals surface area contributed by atoms with Gasteiger partial charge in [-0.25, -0.2) is 9.37 Å². The molecule has 4 aromatic rings. The van der Waals surface area contributed by atoms with Crippen LogP contribution in [-0.4, -0.2) is 21.8 Å². The van der Waals surface area contributed by atoms with E-state index in [2.05, 4.69) is 14.7 Å². The fourth-order valence-corrected chi connectivity index (χ4v) is 4.19. The quantitative estimate of drug-likeness (QED) is 0.375. The van der Waals surface area contributed by atoms with E-state index in [0.717, 1.165) is 16.7 Å². The Labute approximate surface area is 197 Å². The van der Waals surface area contributed by atoms with Gasteiger partial charge in [-0.3, -0.25) is 4.79 Å². The Kier molecular flexibility index (Phi) is 7.42. The van der Waals surface area contributed by atoms with Crippen molar-refractivity contribution in [3.8, 4) is 0 Å². The van der Waals surface area contributed by atoms with Gasteiger partial charge in [-0.1, -0.05) is 72.8 Å². The van der Waals surface area contributed by atoms with Crippen LogP contribution in [0.1, 0.15) is 35.5 Å². The van der Waals surface area contributed by atoms with Crippen LogP contribution < -0.4 is 10.2 Å². The topological polar surface area (TPSA) is 58.1 Å². The average molecular weight is 461 g/mol. The van der Waals surface area contributed by atoms with Crippen LogP contribution in [0.25, 0.3) is 0 Å². The Hall–Kier alpha value is -3.58. The lowest BCUT2D eigenvalue weighted by Gasteiger charge is -2.22. The number of nitrogens with one attached hydrogen (secondary N) is 1. The summed E-state index contributed by atoms with van der Waals surface area (Å²) in [7, 11) is 0. The standard InChI is InChI=1S/C26H25FN4OS/c1-19(22-10-6-3-7-11-22)28-25(32)18-31(17-21-8-4-2-5-9-21)26-29-24(30-33-26)16-20-12-14-23(27)15-13-20/h2-15,19H,16-18H2,1H3,(H,28,32). The monoisotopic (exact) mass is 460 g/mol. The largest absolute Gasteiger partial charge is 0.348 e. The molecule has 0 fully saturated rings. The van der Waals surface area contributed by atoms with Crippen molar-refractivity contribution in [3.05, 3.63) is 113 Å². The van der Waals surface area contributed by atoms with Crippen LogP contribution >= 0.6 is 11.5 Å². The number of aromatic nitrogens is 2. The van der Waals surface area contributed by atoms with Crippen LogP contribution in [0.3, 0.4) is 0 Å². The smallest absolute Gasteiger partial charge is 0.240 e. The number of benzene rings is 3. The van der Waals surface area contributed by atoms with Crippen LogP contribution in [0.4, 0.5) is 9.52 Å². The summed E-state index contributed by atoms with van der Waals surface area (Å²) in [4.78, 5) is 19.5. The van der Waals surface area contributed by atoms with Crippen LogP contribution in [0.15, 0.2) is 84.9 Å². The maximum atomic E-state index is 13.2. The van der Waals surface area contributed by atoms with Gasteiger partial charge in [-0.15, -0.1) is 0 Å². The fraction of sp³-hybridized carbons (Fsp3) is 0.192. The summed E-state index contributed by atoms with van der Waals surface area (Å²) < 4.78 is 17.7. The summed E-state index contributed by atoms with van der Waals surface area (Å²) in [5.74, 6) is 0.297. The summed E-state index contributed by atoms with van der Waals surface area (Å²) in [5, 5.41) is 3.75. The first-order chi connectivity index (χ1) is 16.1. The molecule has 0 spiro atoms. The number of rotatable bonds is 9. The van der Waals surface area contributed by atoms with Crippen molar-refractivity contribution in [1.82, 2.24) is 14.7 Å². The molecule has 0 radical (unpaired) electrons. The normalized spacial score (nSPS) is 11.7. The highest BCUT2D eigenvalue weighted by Crippen LogP contribution is 2.22. The predicted octanol–water partition coefficient (Wildman–Crippen LogP) is 5.15. The minimum atomic E-state index is -0.268. The Morgan fingerprint density at radius 1 is 0.970 bits per heavy atom. The first kappa shape index (κ1) is 22.6. The second-order valence-electron chi connectivity index (χ2n) is 7.84. The lowest BCUT2D eigenvalue weighted by atomic mass is 10.1. The van der Waals surface area contributed by atoms with Gasteiger partial charge in [0.15, 0.2) is 0 Å². The van der Waals surface area contributed by atoms with Gasteiger partial charge < -0.3 is 10.2 Å². The van der Waals surface area contributed by atoms with Crippen molar-refractivity contribution in [2.45, 2.75) is 25.9 Å². The van der Waals surface area contributed by atoms with Gasteiger partial charge in [0.25, 0.3) is 0 Å². The van der Waals surface area contributed by atoms with E-state index in [1.165, 1.54) is 23.7 Å². The van der Waals surface area contributed by atoms with Gasteiger partial charge in [-0.2, -0.15) is 4.37 Å². The number of halogens is 1. The Morgan fingerprint density at radius 2 is 1.64 bits per heavy atom. The molecule has 0 aliphatic carbocycles. The van der Waals surface area contributed by atoms with Crippen molar-refractivity contribution in [3.63, 3.8) is 0 Å². The highest BCUT2D eigenvalue weighted by Gasteiger charge is 2.18. The van der Waals surface area contributed by atoms with Gasteiger partial charge in [0, 0.05) is 24.5 Å². The Morgan fingerprint density at radius 3 is 2.33 bits per heavy atom. The number of amides is 1. The molecule has 1 atom stereocenters. The van der Waals surface area contributed by atoms with Crippen molar-refractivity contribution in [1.29, 1.82) is 0 Å². The van der Waals surface area contributed by atoms with Gasteiger partial charge in [-0.05, 0) is 35.7 Å². The van der Waals surface area contributed by atoms with Gasteiger partial charge in [0.1, 0.15) is 11.6 Å². The predicted molar refractivity (Wildman–Crippen MR) is 130 cm³/mol. The minimum Gasteiger partial charge on any atom is -0.348 e. The molecule has 3 aromatic carbocycles. The van der Waals surface area contributed by atoms with Crippen molar-refractivity contribution in [2.75, 3.05) is 11.4 Å². The van der Waals surface area contributed by atoms with Crippen LogP contribution in [0, 0.1) is 5.82 Å². The lowest BCUT2D eigenvalue weighted by molar-refractivity contribution is -0.120. The number of hydrogen-bond donors (Lipinski definition) is 1. The molecule has 1 heterocycles. The maximum Gasteiger partial charge on any atom is 0.240 e. The molecule has 5 nitrogen and oxygen atoms in total. The van der Waals surface area contributed by atoms with Crippen molar-refractivity contribution < 1.29 is 9.18 Å². The highest BCUT2D eigenvalue weighted by molar-refractivity contribution is 7.09. The molecular formula is C26H25FN4OS. The molecular weight excluding hydrogens is 435 g/mol. The molecule has 0 saturated heterocycles. The summed E-state index contributed by atoms with van der Waals surface area (Å²) in [6.45, 7) is 2.68. The molecule has 0 aliphatic rings. The summed E-state index contributed by atoms with van der Waals surface area (Å²) in [6, 6.07) is 26.1. The van der Waals surface area contributed by atoms with Gasteiger partial charge in [0.2, 0.25) is 11.0 Å². The molecule has 168 valence electrons. The number of nitrogens with zero attached hydrogens (tertiary/aromatic N) is 3. The van der Waals surface area contributed by atoms with E-state index in [9.17, 15) is 9.18 Å². The van der Waals surface area contributed by atoms with Crippen molar-refractivity contribution in [2.24, 2.45) is 0 Å². The zero-order chi connectivity index (χ0) is 23.0. The lowest BCUT2D eigenvalue weighted by Crippen LogP contribution is -2.38. The third kappa shape index (κ3) is 6.46. The Bertz CT molecular complexity index is 1170. The Balaban J connectivity index is 1.48. The zero-order valence-electron chi connectivity index (χ0n) is 18.3. The molecule has 1 amide bonds. The van der Waals surface area contributed by atoms with E-state index in [4.69, 9.17) is 0 Å². The maximum absolute atomic E-state index is 13.2. The fourth-order valence-electron chi connectivity index (χ4n) is 3.51. The minimum absolute atomic E-state index is 0.0856. The van der Waals surface area contributed by atoms with Gasteiger partial charge in [0.05, 0.1) is 12.6 Å². The van der Waals surface area contributed by atoms with E-state index in [0.29, 0.717) is 23.9 Å². The van der Waals surface area contributed by atoms with Crippen molar-refractivity contribution >= 4 is 22.6 Å². The average Bonchev–Trinajstić information content (AvgIpc) is 3.30. The molecule has 1 aromatic heterocycles.